The maximum atomic E-state index is 12.5. The van der Waals surface area contributed by atoms with E-state index >= 15 is 0 Å². The lowest BCUT2D eigenvalue weighted by atomic mass is 9.63. The van der Waals surface area contributed by atoms with Gasteiger partial charge < -0.3 is 4.74 Å². The summed E-state index contributed by atoms with van der Waals surface area (Å²) in [5.41, 5.74) is 0.0732. The zero-order valence-corrected chi connectivity index (χ0v) is 12.2. The number of esters is 1. The van der Waals surface area contributed by atoms with Crippen molar-refractivity contribution < 1.29 is 14.3 Å². The minimum atomic E-state index is -0.142. The maximum Gasteiger partial charge on any atom is 0.309 e. The van der Waals surface area contributed by atoms with E-state index in [-0.39, 0.29) is 34.1 Å². The van der Waals surface area contributed by atoms with Crippen molar-refractivity contribution in [2.45, 2.75) is 40.0 Å². The average Bonchev–Trinajstić information content (AvgIpc) is 2.61. The molecule has 0 heterocycles. The Morgan fingerprint density at radius 1 is 1.26 bits per heavy atom. The summed E-state index contributed by atoms with van der Waals surface area (Å²) in [5, 5.41) is 0. The molecule has 0 aromatic rings. The molecule has 4 aliphatic rings. The molecule has 0 amide bonds. The van der Waals surface area contributed by atoms with E-state index in [0.717, 1.165) is 6.42 Å². The molecule has 1 spiro atoms. The summed E-state index contributed by atoms with van der Waals surface area (Å²) in [6, 6.07) is 0. The first-order chi connectivity index (χ1) is 8.83. The zero-order chi connectivity index (χ0) is 13.8. The van der Waals surface area contributed by atoms with Gasteiger partial charge in [0.15, 0.2) is 0 Å². The molecule has 3 heteroatoms. The topological polar surface area (TPSA) is 43.4 Å². The fourth-order valence-corrected chi connectivity index (χ4v) is 7.19. The number of Topliss-reactive ketones (excluding diaryl/α,β-unsaturated/α-hetero) is 1. The molecule has 0 aromatic carbocycles. The van der Waals surface area contributed by atoms with E-state index in [1.165, 1.54) is 13.5 Å². The highest BCUT2D eigenvalue weighted by molar-refractivity contribution is 5.92. The lowest BCUT2D eigenvalue weighted by molar-refractivity contribution is -0.153. The first-order valence-electron chi connectivity index (χ1n) is 7.44. The highest BCUT2D eigenvalue weighted by Gasteiger charge is 2.90. The van der Waals surface area contributed by atoms with Crippen LogP contribution in [0.25, 0.3) is 0 Å². The smallest absolute Gasteiger partial charge is 0.309 e. The highest BCUT2D eigenvalue weighted by atomic mass is 16.5. The number of carbonyl (C=O) groups excluding carboxylic acids is 2. The minimum absolute atomic E-state index is 0.0491. The van der Waals surface area contributed by atoms with Crippen molar-refractivity contribution in [2.75, 3.05) is 7.11 Å². The largest absolute Gasteiger partial charge is 0.469 e. The first-order valence-corrected chi connectivity index (χ1v) is 7.44. The van der Waals surface area contributed by atoms with Gasteiger partial charge in [-0.1, -0.05) is 20.8 Å². The van der Waals surface area contributed by atoms with E-state index in [1.54, 1.807) is 0 Å². The van der Waals surface area contributed by atoms with Crippen molar-refractivity contribution in [1.29, 1.82) is 0 Å². The van der Waals surface area contributed by atoms with Crippen molar-refractivity contribution in [3.63, 3.8) is 0 Å². The van der Waals surface area contributed by atoms with E-state index in [1.807, 2.05) is 0 Å². The Kier molecular flexibility index (Phi) is 1.83. The van der Waals surface area contributed by atoms with Crippen LogP contribution >= 0.6 is 0 Å². The van der Waals surface area contributed by atoms with Gasteiger partial charge in [-0.15, -0.1) is 0 Å². The third-order valence-corrected chi connectivity index (χ3v) is 7.43. The molecule has 6 atom stereocenters. The lowest BCUT2D eigenvalue weighted by Crippen LogP contribution is -2.42. The maximum absolute atomic E-state index is 12.5. The van der Waals surface area contributed by atoms with Crippen molar-refractivity contribution in [2.24, 2.45) is 39.9 Å². The summed E-state index contributed by atoms with van der Waals surface area (Å²) in [4.78, 5) is 24.8. The molecule has 4 aliphatic carbocycles. The van der Waals surface area contributed by atoms with Crippen LogP contribution in [0.5, 0.6) is 0 Å². The van der Waals surface area contributed by atoms with Gasteiger partial charge in [-0.25, -0.2) is 0 Å². The molecule has 104 valence electrons. The average molecular weight is 262 g/mol. The molecule has 0 aromatic heterocycles. The number of methoxy groups -OCH3 is 1. The van der Waals surface area contributed by atoms with Crippen LogP contribution in [0.4, 0.5) is 0 Å². The van der Waals surface area contributed by atoms with Crippen LogP contribution in [0.3, 0.4) is 0 Å². The van der Waals surface area contributed by atoms with Crippen LogP contribution < -0.4 is 0 Å². The van der Waals surface area contributed by atoms with E-state index in [2.05, 4.69) is 20.8 Å². The van der Waals surface area contributed by atoms with E-state index in [4.69, 9.17) is 4.74 Å². The van der Waals surface area contributed by atoms with Crippen LogP contribution in [0.2, 0.25) is 0 Å². The van der Waals surface area contributed by atoms with E-state index in [9.17, 15) is 9.59 Å². The van der Waals surface area contributed by atoms with Gasteiger partial charge in [-0.05, 0) is 40.9 Å². The predicted octanol–water partition coefficient (Wildman–Crippen LogP) is 2.44. The fraction of sp³-hybridized carbons (Fsp3) is 0.875. The third-order valence-electron chi connectivity index (χ3n) is 7.43. The highest BCUT2D eigenvalue weighted by Crippen LogP contribution is 2.91. The summed E-state index contributed by atoms with van der Waals surface area (Å²) in [6.45, 7) is 6.65. The summed E-state index contributed by atoms with van der Waals surface area (Å²) in [7, 11) is 1.48. The molecule has 1 unspecified atom stereocenters. The van der Waals surface area contributed by atoms with Crippen LogP contribution in [0.1, 0.15) is 40.0 Å². The van der Waals surface area contributed by atoms with E-state index < -0.39 is 0 Å². The second kappa shape index (κ2) is 2.91. The van der Waals surface area contributed by atoms with Crippen LogP contribution in [0.15, 0.2) is 0 Å². The van der Waals surface area contributed by atoms with Gasteiger partial charge >= 0.3 is 5.97 Å². The standard InChI is InChI=1S/C16H22O3/c1-14(2)12-9(17)7-15(3)10-6-5-8(16(10,12)14)11(15)13(18)19-4/h8,10-12H,5-7H2,1-4H3/t8-,10+,11-,12?,15+,16-/m1/s1. The monoisotopic (exact) mass is 262 g/mol. The van der Waals surface area contributed by atoms with Crippen LogP contribution in [-0.2, 0) is 14.3 Å². The van der Waals surface area contributed by atoms with Gasteiger partial charge in [0.25, 0.3) is 0 Å². The normalized spacial score (nSPS) is 55.9. The lowest BCUT2D eigenvalue weighted by Gasteiger charge is -2.40. The summed E-state index contributed by atoms with van der Waals surface area (Å²) < 4.78 is 5.08. The Hall–Kier alpha value is -0.860. The molecule has 0 N–H and O–H groups in total. The van der Waals surface area contributed by atoms with Gasteiger partial charge in [0.1, 0.15) is 5.78 Å². The molecule has 19 heavy (non-hydrogen) atoms. The quantitative estimate of drug-likeness (QED) is 0.682. The number of carbonyl (C=O) groups is 2. The number of hydrogen-bond donors (Lipinski definition) is 0. The Bertz CT molecular complexity index is 508. The predicted molar refractivity (Wildman–Crippen MR) is 69.2 cm³/mol. The molecule has 4 bridgehead atoms. The first kappa shape index (κ1) is 11.9. The van der Waals surface area contributed by atoms with Crippen LogP contribution in [0, 0.1) is 39.9 Å². The van der Waals surface area contributed by atoms with Gasteiger partial charge in [-0.2, -0.15) is 0 Å². The second-order valence-electron chi connectivity index (χ2n) is 7.97. The Balaban J connectivity index is 1.91. The van der Waals surface area contributed by atoms with Gasteiger partial charge in [0, 0.05) is 12.3 Å². The molecule has 0 radical (unpaired) electrons. The number of hydrogen-bond acceptors (Lipinski definition) is 3. The molecule has 4 fully saturated rings. The minimum Gasteiger partial charge on any atom is -0.469 e. The molecule has 4 rings (SSSR count). The molecule has 3 nitrogen and oxygen atoms in total. The Labute approximate surface area is 114 Å². The van der Waals surface area contributed by atoms with Crippen molar-refractivity contribution >= 4 is 11.8 Å². The number of ether oxygens (including phenoxy) is 1. The van der Waals surface area contributed by atoms with Gasteiger partial charge in [0.2, 0.25) is 0 Å². The van der Waals surface area contributed by atoms with Gasteiger partial charge in [0.05, 0.1) is 13.0 Å². The van der Waals surface area contributed by atoms with E-state index in [0.29, 0.717) is 24.0 Å². The Morgan fingerprint density at radius 3 is 2.58 bits per heavy atom. The number of rotatable bonds is 1. The molecule has 4 saturated carbocycles. The molecular weight excluding hydrogens is 240 g/mol. The SMILES string of the molecule is COC(=O)[C@H]1[C@H]2CC[C@H]3[C@]1(C)CC(=O)C1C(C)(C)[C@]123. The molecular formula is C16H22O3. The second-order valence-corrected chi connectivity index (χ2v) is 7.97. The van der Waals surface area contributed by atoms with Crippen molar-refractivity contribution in [3.05, 3.63) is 0 Å². The summed E-state index contributed by atoms with van der Waals surface area (Å²) in [6.07, 6.45) is 2.89. The molecule has 0 aliphatic heterocycles. The summed E-state index contributed by atoms with van der Waals surface area (Å²) in [5.74, 6) is 1.41. The Morgan fingerprint density at radius 2 is 1.95 bits per heavy atom. The molecule has 0 saturated heterocycles. The van der Waals surface area contributed by atoms with Crippen molar-refractivity contribution in [3.8, 4) is 0 Å². The van der Waals surface area contributed by atoms with Crippen LogP contribution in [-0.4, -0.2) is 18.9 Å². The zero-order valence-electron chi connectivity index (χ0n) is 12.2. The van der Waals surface area contributed by atoms with Gasteiger partial charge in [-0.3, -0.25) is 9.59 Å². The fourth-order valence-electron chi connectivity index (χ4n) is 7.19. The summed E-state index contributed by atoms with van der Waals surface area (Å²) >= 11 is 0. The third kappa shape index (κ3) is 0.898. The van der Waals surface area contributed by atoms with Crippen molar-refractivity contribution in [1.82, 2.24) is 0 Å². The number of ketones is 1.